The molecule has 19 heavy (non-hydrogen) atoms. The predicted molar refractivity (Wildman–Crippen MR) is 75.7 cm³/mol. The summed E-state index contributed by atoms with van der Waals surface area (Å²) in [5, 5.41) is 14.4. The van der Waals surface area contributed by atoms with E-state index < -0.39 is 0 Å². The zero-order chi connectivity index (χ0) is 14.3. The molecule has 0 heterocycles. The minimum atomic E-state index is -0.248. The van der Waals surface area contributed by atoms with Crippen molar-refractivity contribution < 1.29 is 14.6 Å². The van der Waals surface area contributed by atoms with Gasteiger partial charge in [0, 0.05) is 24.4 Å². The maximum absolute atomic E-state index is 11.8. The number of urea groups is 1. The number of anilines is 1. The Bertz CT molecular complexity index is 421. The Kier molecular flexibility index (Phi) is 6.15. The van der Waals surface area contributed by atoms with Crippen LogP contribution in [0, 0.1) is 6.92 Å². The molecule has 3 N–H and O–H groups in total. The van der Waals surface area contributed by atoms with Crippen molar-refractivity contribution in [3.8, 4) is 5.75 Å². The Morgan fingerprint density at radius 2 is 2.21 bits per heavy atom. The first-order valence-electron chi connectivity index (χ1n) is 6.40. The second kappa shape index (κ2) is 7.63. The lowest BCUT2D eigenvalue weighted by Gasteiger charge is -2.15. The fourth-order valence-electron chi connectivity index (χ4n) is 1.71. The summed E-state index contributed by atoms with van der Waals surface area (Å²) in [5.74, 6) is 0.703. The molecule has 0 aliphatic carbocycles. The van der Waals surface area contributed by atoms with Crippen LogP contribution in [0.2, 0.25) is 0 Å². The van der Waals surface area contributed by atoms with Crippen molar-refractivity contribution >= 4 is 11.7 Å². The molecule has 1 unspecified atom stereocenters. The number of aliphatic hydroxyl groups is 1. The van der Waals surface area contributed by atoms with Gasteiger partial charge in [-0.1, -0.05) is 6.07 Å². The van der Waals surface area contributed by atoms with Crippen LogP contribution in [-0.4, -0.2) is 30.9 Å². The van der Waals surface area contributed by atoms with Gasteiger partial charge in [0.2, 0.25) is 0 Å². The van der Waals surface area contributed by atoms with E-state index in [0.717, 1.165) is 17.7 Å². The number of carbonyl (C=O) groups excluding carboxylic acids is 1. The molecule has 0 saturated carbocycles. The third-order valence-electron chi connectivity index (χ3n) is 2.87. The standard InChI is InChI=1S/C14H22N2O3/c1-10-6-7-12(19-3)9-13(10)16-14(18)15-11(2)5-4-8-17/h6-7,9,11,17H,4-5,8H2,1-3H3,(H2,15,16,18). The highest BCUT2D eigenvalue weighted by atomic mass is 16.5. The van der Waals surface area contributed by atoms with Crippen LogP contribution in [0.5, 0.6) is 5.75 Å². The minimum Gasteiger partial charge on any atom is -0.497 e. The SMILES string of the molecule is COc1ccc(C)c(NC(=O)NC(C)CCCO)c1. The lowest BCUT2D eigenvalue weighted by Crippen LogP contribution is -2.36. The Morgan fingerprint density at radius 1 is 1.47 bits per heavy atom. The molecule has 0 aliphatic rings. The molecule has 1 atom stereocenters. The quantitative estimate of drug-likeness (QED) is 0.740. The van der Waals surface area contributed by atoms with E-state index in [1.54, 1.807) is 13.2 Å². The van der Waals surface area contributed by atoms with Crippen LogP contribution in [0.15, 0.2) is 18.2 Å². The summed E-state index contributed by atoms with van der Waals surface area (Å²) in [6, 6.07) is 5.30. The number of aryl methyl sites for hydroxylation is 1. The molecule has 0 saturated heterocycles. The van der Waals surface area contributed by atoms with Crippen LogP contribution in [0.25, 0.3) is 0 Å². The van der Waals surface area contributed by atoms with Crippen molar-refractivity contribution in [2.75, 3.05) is 19.0 Å². The van der Waals surface area contributed by atoms with Gasteiger partial charge < -0.3 is 20.5 Å². The van der Waals surface area contributed by atoms with Crippen molar-refractivity contribution in [1.82, 2.24) is 5.32 Å². The lowest BCUT2D eigenvalue weighted by molar-refractivity contribution is 0.245. The Morgan fingerprint density at radius 3 is 2.84 bits per heavy atom. The molecule has 0 radical (unpaired) electrons. The van der Waals surface area contributed by atoms with E-state index in [1.807, 2.05) is 26.0 Å². The molecular weight excluding hydrogens is 244 g/mol. The smallest absolute Gasteiger partial charge is 0.319 e. The third-order valence-corrected chi connectivity index (χ3v) is 2.87. The van der Waals surface area contributed by atoms with E-state index in [4.69, 9.17) is 9.84 Å². The molecule has 5 heteroatoms. The zero-order valence-corrected chi connectivity index (χ0v) is 11.7. The Balaban J connectivity index is 2.56. The summed E-state index contributed by atoms with van der Waals surface area (Å²) in [5.41, 5.74) is 1.70. The van der Waals surface area contributed by atoms with E-state index in [-0.39, 0.29) is 18.7 Å². The number of nitrogens with one attached hydrogen (secondary N) is 2. The fraction of sp³-hybridized carbons (Fsp3) is 0.500. The second-order valence-corrected chi connectivity index (χ2v) is 4.55. The summed E-state index contributed by atoms with van der Waals surface area (Å²) in [6.45, 7) is 3.97. The topological polar surface area (TPSA) is 70.6 Å². The number of amides is 2. The monoisotopic (exact) mass is 266 g/mol. The maximum atomic E-state index is 11.8. The van der Waals surface area contributed by atoms with Crippen molar-refractivity contribution in [3.05, 3.63) is 23.8 Å². The summed E-state index contributed by atoms with van der Waals surface area (Å²) in [6.07, 6.45) is 1.43. The highest BCUT2D eigenvalue weighted by Crippen LogP contribution is 2.21. The van der Waals surface area contributed by atoms with Crippen LogP contribution in [-0.2, 0) is 0 Å². The number of rotatable bonds is 6. The van der Waals surface area contributed by atoms with Gasteiger partial charge in [-0.2, -0.15) is 0 Å². The molecule has 0 aliphatic heterocycles. The number of methoxy groups -OCH3 is 1. The average Bonchev–Trinajstić information content (AvgIpc) is 2.38. The van der Waals surface area contributed by atoms with Gasteiger partial charge in [-0.3, -0.25) is 0 Å². The molecule has 1 rings (SSSR count). The van der Waals surface area contributed by atoms with E-state index in [1.165, 1.54) is 0 Å². The van der Waals surface area contributed by atoms with Gasteiger partial charge in [0.25, 0.3) is 0 Å². The van der Waals surface area contributed by atoms with Crippen LogP contribution in [0.3, 0.4) is 0 Å². The number of hydrogen-bond donors (Lipinski definition) is 3. The van der Waals surface area contributed by atoms with Gasteiger partial charge in [0.05, 0.1) is 7.11 Å². The Hall–Kier alpha value is -1.75. The summed E-state index contributed by atoms with van der Waals surface area (Å²) < 4.78 is 5.13. The number of carbonyl (C=O) groups is 1. The Labute approximate surface area is 114 Å². The molecule has 0 fully saturated rings. The third kappa shape index (κ3) is 5.18. The molecule has 5 nitrogen and oxygen atoms in total. The molecule has 2 amide bonds. The maximum Gasteiger partial charge on any atom is 0.319 e. The number of benzene rings is 1. The van der Waals surface area contributed by atoms with Gasteiger partial charge in [-0.15, -0.1) is 0 Å². The van der Waals surface area contributed by atoms with Crippen molar-refractivity contribution in [1.29, 1.82) is 0 Å². The van der Waals surface area contributed by atoms with E-state index >= 15 is 0 Å². The molecule has 1 aromatic rings. The van der Waals surface area contributed by atoms with Crippen molar-refractivity contribution in [3.63, 3.8) is 0 Å². The van der Waals surface area contributed by atoms with Crippen molar-refractivity contribution in [2.24, 2.45) is 0 Å². The van der Waals surface area contributed by atoms with E-state index in [2.05, 4.69) is 10.6 Å². The summed E-state index contributed by atoms with van der Waals surface area (Å²) >= 11 is 0. The number of hydrogen-bond acceptors (Lipinski definition) is 3. The summed E-state index contributed by atoms with van der Waals surface area (Å²) in [4.78, 5) is 11.8. The zero-order valence-electron chi connectivity index (χ0n) is 11.7. The van der Waals surface area contributed by atoms with Gasteiger partial charge in [-0.25, -0.2) is 4.79 Å². The molecular formula is C14H22N2O3. The van der Waals surface area contributed by atoms with Gasteiger partial charge >= 0.3 is 6.03 Å². The molecule has 106 valence electrons. The average molecular weight is 266 g/mol. The summed E-state index contributed by atoms with van der Waals surface area (Å²) in [7, 11) is 1.59. The normalized spacial score (nSPS) is 11.8. The van der Waals surface area contributed by atoms with Crippen LogP contribution in [0.4, 0.5) is 10.5 Å². The van der Waals surface area contributed by atoms with Crippen LogP contribution < -0.4 is 15.4 Å². The van der Waals surface area contributed by atoms with Crippen LogP contribution >= 0.6 is 0 Å². The minimum absolute atomic E-state index is 0.0260. The molecule has 1 aromatic carbocycles. The van der Waals surface area contributed by atoms with E-state index in [9.17, 15) is 4.79 Å². The lowest BCUT2D eigenvalue weighted by atomic mass is 10.2. The second-order valence-electron chi connectivity index (χ2n) is 4.55. The fourth-order valence-corrected chi connectivity index (χ4v) is 1.71. The van der Waals surface area contributed by atoms with E-state index in [0.29, 0.717) is 12.2 Å². The molecule has 0 aromatic heterocycles. The van der Waals surface area contributed by atoms with Gasteiger partial charge in [0.1, 0.15) is 5.75 Å². The first-order valence-corrected chi connectivity index (χ1v) is 6.40. The molecule has 0 bridgehead atoms. The first kappa shape index (κ1) is 15.3. The van der Waals surface area contributed by atoms with Gasteiger partial charge in [0.15, 0.2) is 0 Å². The predicted octanol–water partition coefficient (Wildman–Crippen LogP) is 2.29. The highest BCUT2D eigenvalue weighted by Gasteiger charge is 2.09. The first-order chi connectivity index (χ1) is 9.06. The number of aliphatic hydroxyl groups excluding tert-OH is 1. The number of ether oxygens (including phenoxy) is 1. The van der Waals surface area contributed by atoms with Gasteiger partial charge in [-0.05, 0) is 38.3 Å². The molecule has 0 spiro atoms. The van der Waals surface area contributed by atoms with Crippen LogP contribution in [0.1, 0.15) is 25.3 Å². The van der Waals surface area contributed by atoms with Crippen molar-refractivity contribution in [2.45, 2.75) is 32.7 Å². The largest absolute Gasteiger partial charge is 0.497 e. The highest BCUT2D eigenvalue weighted by molar-refractivity contribution is 5.90.